The maximum Gasteiger partial charge on any atom is 0.253 e. The maximum absolute atomic E-state index is 11.8. The zero-order chi connectivity index (χ0) is 17.6. The van der Waals surface area contributed by atoms with E-state index in [0.717, 1.165) is 31.8 Å². The Bertz CT molecular complexity index is 584. The number of hydrogen-bond acceptors (Lipinski definition) is 4. The predicted octanol–water partition coefficient (Wildman–Crippen LogP) is 2.70. The number of ether oxygens (including phenoxy) is 1. The van der Waals surface area contributed by atoms with Gasteiger partial charge in [-0.1, -0.05) is 26.7 Å². The number of carbonyl (C=O) groups excluding carboxylic acids is 1. The van der Waals surface area contributed by atoms with E-state index < -0.39 is 0 Å². The van der Waals surface area contributed by atoms with Crippen LogP contribution >= 0.6 is 0 Å². The van der Waals surface area contributed by atoms with Gasteiger partial charge in [0, 0.05) is 25.3 Å². The molecule has 1 amide bonds. The second-order valence-corrected chi connectivity index (χ2v) is 7.26. The van der Waals surface area contributed by atoms with Crippen molar-refractivity contribution in [1.29, 1.82) is 0 Å². The molecular formula is C19H27N3O2. The second-order valence-electron chi connectivity index (χ2n) is 7.26. The first-order valence-electron chi connectivity index (χ1n) is 8.45. The number of pyridine rings is 1. The highest BCUT2D eigenvalue weighted by Gasteiger charge is 2.35. The molecule has 0 radical (unpaired) electrons. The smallest absolute Gasteiger partial charge is 0.253 e. The fourth-order valence-electron chi connectivity index (χ4n) is 3.11. The van der Waals surface area contributed by atoms with Gasteiger partial charge in [-0.2, -0.15) is 0 Å². The Morgan fingerprint density at radius 3 is 2.88 bits per heavy atom. The molecule has 1 aromatic heterocycles. The minimum absolute atomic E-state index is 0.124. The molecule has 1 aliphatic rings. The van der Waals surface area contributed by atoms with E-state index in [0.29, 0.717) is 11.5 Å². The molecule has 2 atom stereocenters. The summed E-state index contributed by atoms with van der Waals surface area (Å²) in [7, 11) is 0. The summed E-state index contributed by atoms with van der Waals surface area (Å²) in [6.45, 7) is 8.54. The van der Waals surface area contributed by atoms with Crippen LogP contribution < -0.4 is 10.6 Å². The van der Waals surface area contributed by atoms with E-state index in [2.05, 4.69) is 42.3 Å². The third kappa shape index (κ3) is 4.97. The van der Waals surface area contributed by atoms with Crippen LogP contribution in [0.3, 0.4) is 0 Å². The summed E-state index contributed by atoms with van der Waals surface area (Å²) in [6, 6.07) is 3.57. The van der Waals surface area contributed by atoms with Crippen molar-refractivity contribution in [2.75, 3.05) is 25.0 Å². The number of aromatic nitrogens is 1. The number of anilines is 1. The molecule has 0 spiro atoms. The van der Waals surface area contributed by atoms with Gasteiger partial charge < -0.3 is 15.4 Å². The fraction of sp³-hybridized carbons (Fsp3) is 0.579. The molecule has 0 saturated carbocycles. The average Bonchev–Trinajstić information content (AvgIpc) is 2.57. The second kappa shape index (κ2) is 8.16. The Balaban J connectivity index is 1.92. The van der Waals surface area contributed by atoms with E-state index in [9.17, 15) is 4.79 Å². The Morgan fingerprint density at radius 1 is 1.46 bits per heavy atom. The lowest BCUT2D eigenvalue weighted by Gasteiger charge is -2.40. The fourth-order valence-corrected chi connectivity index (χ4v) is 3.11. The molecule has 2 unspecified atom stereocenters. The van der Waals surface area contributed by atoms with Crippen molar-refractivity contribution in [3.8, 4) is 12.3 Å². The molecular weight excluding hydrogens is 302 g/mol. The molecule has 1 aromatic rings. The number of nitrogens with one attached hydrogen (secondary N) is 2. The number of amides is 1. The molecule has 0 aliphatic carbocycles. The Labute approximate surface area is 144 Å². The summed E-state index contributed by atoms with van der Waals surface area (Å²) >= 11 is 0. The highest BCUT2D eigenvalue weighted by molar-refractivity contribution is 5.94. The SMILES string of the molecule is C#CCNC(=O)c1ccc(NCC2CCCOC2C(C)(C)C)nc1. The topological polar surface area (TPSA) is 63.2 Å². The zero-order valence-electron chi connectivity index (χ0n) is 14.8. The van der Waals surface area contributed by atoms with E-state index in [1.54, 1.807) is 12.3 Å². The average molecular weight is 329 g/mol. The Hall–Kier alpha value is -2.06. The Kier molecular flexibility index (Phi) is 6.22. The van der Waals surface area contributed by atoms with E-state index in [-0.39, 0.29) is 24.0 Å². The van der Waals surface area contributed by atoms with Crippen molar-refractivity contribution in [3.63, 3.8) is 0 Å². The van der Waals surface area contributed by atoms with Crippen molar-refractivity contribution in [2.24, 2.45) is 11.3 Å². The number of nitrogens with zero attached hydrogens (tertiary/aromatic N) is 1. The van der Waals surface area contributed by atoms with E-state index >= 15 is 0 Å². The molecule has 24 heavy (non-hydrogen) atoms. The molecule has 5 nitrogen and oxygen atoms in total. The van der Waals surface area contributed by atoms with E-state index in [1.165, 1.54) is 0 Å². The lowest BCUT2D eigenvalue weighted by atomic mass is 9.78. The number of hydrogen-bond donors (Lipinski definition) is 2. The van der Waals surface area contributed by atoms with Gasteiger partial charge in [-0.05, 0) is 30.4 Å². The lowest BCUT2D eigenvalue weighted by Crippen LogP contribution is -2.42. The molecule has 2 heterocycles. The molecule has 5 heteroatoms. The number of terminal acetylenes is 1. The van der Waals surface area contributed by atoms with Crippen molar-refractivity contribution in [3.05, 3.63) is 23.9 Å². The minimum atomic E-state index is -0.208. The van der Waals surface area contributed by atoms with Gasteiger partial charge in [0.2, 0.25) is 0 Å². The van der Waals surface area contributed by atoms with Crippen LogP contribution in [0.4, 0.5) is 5.82 Å². The van der Waals surface area contributed by atoms with Gasteiger partial charge in [0.05, 0.1) is 18.2 Å². The standard InChI is InChI=1S/C19H27N3O2/c1-5-10-20-18(23)15-8-9-16(22-13-15)21-12-14-7-6-11-24-17(14)19(2,3)4/h1,8-9,13-14,17H,6-7,10-12H2,2-4H3,(H,20,23)(H,21,22). The van der Waals surface area contributed by atoms with Crippen molar-refractivity contribution in [1.82, 2.24) is 10.3 Å². The van der Waals surface area contributed by atoms with Gasteiger partial charge in [-0.15, -0.1) is 6.42 Å². The summed E-state index contributed by atoms with van der Waals surface area (Å²) in [5.74, 6) is 3.39. The monoisotopic (exact) mass is 329 g/mol. The van der Waals surface area contributed by atoms with Gasteiger partial charge in [0.15, 0.2) is 0 Å². The largest absolute Gasteiger partial charge is 0.377 e. The highest BCUT2D eigenvalue weighted by atomic mass is 16.5. The van der Waals surface area contributed by atoms with Gasteiger partial charge in [-0.25, -0.2) is 4.98 Å². The normalized spacial score (nSPS) is 20.9. The van der Waals surface area contributed by atoms with Gasteiger partial charge in [0.1, 0.15) is 5.82 Å². The third-order valence-corrected chi connectivity index (χ3v) is 4.22. The summed E-state index contributed by atoms with van der Waals surface area (Å²) in [5.41, 5.74) is 0.628. The Morgan fingerprint density at radius 2 is 2.25 bits per heavy atom. The number of rotatable bonds is 5. The van der Waals surface area contributed by atoms with E-state index in [1.807, 2.05) is 6.07 Å². The van der Waals surface area contributed by atoms with Crippen molar-refractivity contribution < 1.29 is 9.53 Å². The molecule has 1 fully saturated rings. The molecule has 2 rings (SSSR count). The maximum atomic E-state index is 11.8. The van der Waals surface area contributed by atoms with Crippen molar-refractivity contribution >= 4 is 11.7 Å². The molecule has 0 aromatic carbocycles. The van der Waals surface area contributed by atoms with Crippen LogP contribution in [0.5, 0.6) is 0 Å². The first kappa shape index (κ1) is 18.3. The van der Waals surface area contributed by atoms with Crippen LogP contribution in [0.25, 0.3) is 0 Å². The van der Waals surface area contributed by atoms with Gasteiger partial charge in [0.25, 0.3) is 5.91 Å². The highest BCUT2D eigenvalue weighted by Crippen LogP contribution is 2.34. The van der Waals surface area contributed by atoms with Crippen LogP contribution in [-0.2, 0) is 4.74 Å². The zero-order valence-corrected chi connectivity index (χ0v) is 14.8. The molecule has 1 saturated heterocycles. The molecule has 0 bridgehead atoms. The number of carbonyl (C=O) groups is 1. The molecule has 130 valence electrons. The third-order valence-electron chi connectivity index (χ3n) is 4.22. The minimum Gasteiger partial charge on any atom is -0.377 e. The molecule has 1 aliphatic heterocycles. The van der Waals surface area contributed by atoms with Gasteiger partial charge in [-0.3, -0.25) is 4.79 Å². The van der Waals surface area contributed by atoms with Crippen LogP contribution in [0.1, 0.15) is 44.0 Å². The summed E-state index contributed by atoms with van der Waals surface area (Å²) < 4.78 is 6.00. The summed E-state index contributed by atoms with van der Waals surface area (Å²) in [6.07, 6.45) is 9.19. The predicted molar refractivity (Wildman–Crippen MR) is 95.8 cm³/mol. The van der Waals surface area contributed by atoms with E-state index in [4.69, 9.17) is 11.2 Å². The van der Waals surface area contributed by atoms with Crippen LogP contribution in [0, 0.1) is 23.7 Å². The van der Waals surface area contributed by atoms with Crippen LogP contribution in [0.2, 0.25) is 0 Å². The summed E-state index contributed by atoms with van der Waals surface area (Å²) in [4.78, 5) is 16.1. The van der Waals surface area contributed by atoms with Gasteiger partial charge >= 0.3 is 0 Å². The van der Waals surface area contributed by atoms with Crippen LogP contribution in [-0.4, -0.2) is 36.7 Å². The summed E-state index contributed by atoms with van der Waals surface area (Å²) in [5, 5.41) is 5.99. The first-order chi connectivity index (χ1) is 11.4. The van der Waals surface area contributed by atoms with Crippen LogP contribution in [0.15, 0.2) is 18.3 Å². The first-order valence-corrected chi connectivity index (χ1v) is 8.45. The molecule has 2 N–H and O–H groups in total. The van der Waals surface area contributed by atoms with Crippen molar-refractivity contribution in [2.45, 2.75) is 39.7 Å². The quantitative estimate of drug-likeness (QED) is 0.815. The lowest BCUT2D eigenvalue weighted by molar-refractivity contribution is -0.0814.